The molecule has 0 aliphatic carbocycles. The minimum absolute atomic E-state index is 0.0375. The number of amides is 1. The highest BCUT2D eigenvalue weighted by Crippen LogP contribution is 2.36. The molecule has 0 saturated heterocycles. The molecule has 0 saturated carbocycles. The Bertz CT molecular complexity index is 1110. The van der Waals surface area contributed by atoms with E-state index in [0.717, 1.165) is 22.1 Å². The minimum Gasteiger partial charge on any atom is -0.495 e. The Balaban J connectivity index is 1.57. The van der Waals surface area contributed by atoms with E-state index in [-0.39, 0.29) is 18.0 Å². The Labute approximate surface area is 162 Å². The van der Waals surface area contributed by atoms with Crippen LogP contribution in [0.1, 0.15) is 25.6 Å². The van der Waals surface area contributed by atoms with Crippen LogP contribution in [0.2, 0.25) is 0 Å². The third-order valence-corrected chi connectivity index (χ3v) is 4.94. The molecule has 0 aliphatic heterocycles. The quantitative estimate of drug-likeness (QED) is 0.533. The van der Waals surface area contributed by atoms with Crippen molar-refractivity contribution in [2.24, 2.45) is 0 Å². The van der Waals surface area contributed by atoms with E-state index in [4.69, 9.17) is 13.6 Å². The van der Waals surface area contributed by atoms with Crippen LogP contribution in [0.3, 0.4) is 0 Å². The van der Waals surface area contributed by atoms with Crippen molar-refractivity contribution in [1.82, 2.24) is 0 Å². The largest absolute Gasteiger partial charge is 0.495 e. The summed E-state index contributed by atoms with van der Waals surface area (Å²) in [6.07, 6.45) is 1.64. The van der Waals surface area contributed by atoms with Gasteiger partial charge in [-0.15, -0.1) is 0 Å². The number of carbonyl (C=O) groups is 1. The summed E-state index contributed by atoms with van der Waals surface area (Å²) >= 11 is 0. The molecule has 0 fully saturated rings. The number of anilines is 1. The van der Waals surface area contributed by atoms with Crippen molar-refractivity contribution in [2.45, 2.75) is 25.9 Å². The topological polar surface area (TPSA) is 81.2 Å². The molecule has 0 spiro atoms. The third-order valence-electron chi connectivity index (χ3n) is 4.94. The maximum atomic E-state index is 12.7. The molecule has 0 aliphatic rings. The summed E-state index contributed by atoms with van der Waals surface area (Å²) in [5.41, 5.74) is 2.10. The summed E-state index contributed by atoms with van der Waals surface area (Å²) < 4.78 is 16.8. The third kappa shape index (κ3) is 3.34. The molecule has 6 nitrogen and oxygen atoms in total. The first-order valence-electron chi connectivity index (χ1n) is 9.25. The molecule has 3 N–H and O–H groups in total. The fourth-order valence-electron chi connectivity index (χ4n) is 3.43. The van der Waals surface area contributed by atoms with E-state index >= 15 is 0 Å². The highest BCUT2D eigenvalue weighted by Gasteiger charge is 2.23. The van der Waals surface area contributed by atoms with Gasteiger partial charge in [-0.05, 0) is 38.1 Å². The summed E-state index contributed by atoms with van der Waals surface area (Å²) in [5, 5.41) is 6.89. The van der Waals surface area contributed by atoms with Gasteiger partial charge in [0.05, 0.1) is 19.1 Å². The van der Waals surface area contributed by atoms with Crippen LogP contribution in [-0.2, 0) is 4.79 Å². The van der Waals surface area contributed by atoms with E-state index < -0.39 is 0 Å². The molecule has 28 heavy (non-hydrogen) atoms. The van der Waals surface area contributed by atoms with Crippen LogP contribution < -0.4 is 15.4 Å². The molecule has 1 amide bonds. The highest BCUT2D eigenvalue weighted by molar-refractivity contribution is 6.08. The van der Waals surface area contributed by atoms with Gasteiger partial charge in [-0.1, -0.05) is 18.2 Å². The summed E-state index contributed by atoms with van der Waals surface area (Å²) in [7, 11) is 1.59. The average molecular weight is 379 g/mol. The summed E-state index contributed by atoms with van der Waals surface area (Å²) in [5.74, 6) is 1.31. The highest BCUT2D eigenvalue weighted by atomic mass is 16.5. The second kappa shape index (κ2) is 7.40. The molecule has 4 aromatic rings. The van der Waals surface area contributed by atoms with Crippen molar-refractivity contribution in [2.75, 3.05) is 12.4 Å². The number of quaternary nitrogens is 1. The Hall–Kier alpha value is -3.25. The number of ether oxygens (including phenoxy) is 1. The first kappa shape index (κ1) is 18.1. The SMILES string of the molecule is COc1cc2c(cc1NC(=O)[C@@H](C)[NH2+][C@@H](C)c1ccco1)oc1ccccc12. The van der Waals surface area contributed by atoms with Gasteiger partial charge >= 0.3 is 0 Å². The molecule has 2 aromatic carbocycles. The van der Waals surface area contributed by atoms with Gasteiger partial charge in [0, 0.05) is 16.8 Å². The molecule has 144 valence electrons. The van der Waals surface area contributed by atoms with Gasteiger partial charge in [0.2, 0.25) is 0 Å². The molecule has 6 heteroatoms. The van der Waals surface area contributed by atoms with Gasteiger partial charge in [-0.25, -0.2) is 0 Å². The number of nitrogens with two attached hydrogens (primary N) is 1. The monoisotopic (exact) mass is 379 g/mol. The predicted octanol–water partition coefficient (Wildman–Crippen LogP) is 3.84. The molecule has 2 aromatic heterocycles. The number of rotatable bonds is 6. The predicted molar refractivity (Wildman–Crippen MR) is 107 cm³/mol. The zero-order chi connectivity index (χ0) is 19.7. The van der Waals surface area contributed by atoms with Gasteiger partial charge in [0.25, 0.3) is 5.91 Å². The number of benzene rings is 2. The van der Waals surface area contributed by atoms with Gasteiger partial charge < -0.3 is 24.2 Å². The molecular formula is C22H23N2O4+. The summed E-state index contributed by atoms with van der Waals surface area (Å²) in [6.45, 7) is 3.87. The minimum atomic E-state index is -0.309. The van der Waals surface area contributed by atoms with E-state index in [1.54, 1.807) is 13.4 Å². The first-order chi connectivity index (χ1) is 13.6. The zero-order valence-electron chi connectivity index (χ0n) is 16.1. The summed E-state index contributed by atoms with van der Waals surface area (Å²) in [4.78, 5) is 12.7. The van der Waals surface area contributed by atoms with Crippen LogP contribution in [0.4, 0.5) is 5.69 Å². The van der Waals surface area contributed by atoms with Gasteiger partial charge in [-0.2, -0.15) is 0 Å². The lowest BCUT2D eigenvalue weighted by molar-refractivity contribution is -0.711. The lowest BCUT2D eigenvalue weighted by Gasteiger charge is -2.16. The van der Waals surface area contributed by atoms with E-state index in [0.29, 0.717) is 17.0 Å². The van der Waals surface area contributed by atoms with Gasteiger partial charge in [-0.3, -0.25) is 4.79 Å². The number of nitrogens with one attached hydrogen (secondary N) is 1. The van der Waals surface area contributed by atoms with Crippen molar-refractivity contribution < 1.29 is 23.7 Å². The number of carbonyl (C=O) groups excluding carboxylic acids is 1. The Kier molecular flexibility index (Phi) is 4.79. The fraction of sp³-hybridized carbons (Fsp3) is 0.227. The number of furan rings is 2. The normalized spacial score (nSPS) is 13.5. The van der Waals surface area contributed by atoms with Crippen LogP contribution in [0.5, 0.6) is 5.75 Å². The van der Waals surface area contributed by atoms with Gasteiger partial charge in [0.15, 0.2) is 11.8 Å². The van der Waals surface area contributed by atoms with Crippen molar-refractivity contribution in [3.63, 3.8) is 0 Å². The standard InChI is InChI=1S/C22H22N2O4/c1-13(18-9-6-10-27-18)23-14(2)22(25)24-17-12-20-16(11-21(17)26-3)15-7-4-5-8-19(15)28-20/h4-14,23H,1-3H3,(H,24,25)/p+1/t13-,14+/m0/s1. The van der Waals surface area contributed by atoms with Crippen molar-refractivity contribution in [3.05, 3.63) is 60.6 Å². The number of hydrogen-bond acceptors (Lipinski definition) is 4. The van der Waals surface area contributed by atoms with E-state index in [9.17, 15) is 4.79 Å². The molecule has 2 atom stereocenters. The Morgan fingerprint density at radius 1 is 1.07 bits per heavy atom. The maximum absolute atomic E-state index is 12.7. The first-order valence-corrected chi connectivity index (χ1v) is 9.25. The number of methoxy groups -OCH3 is 1. The van der Waals surface area contributed by atoms with Crippen molar-refractivity contribution >= 4 is 33.5 Å². The zero-order valence-corrected chi connectivity index (χ0v) is 16.1. The van der Waals surface area contributed by atoms with Crippen molar-refractivity contribution in [3.8, 4) is 5.75 Å². The lowest BCUT2D eigenvalue weighted by Crippen LogP contribution is -2.91. The van der Waals surface area contributed by atoms with Crippen LogP contribution in [0.25, 0.3) is 21.9 Å². The molecule has 0 unspecified atom stereocenters. The molecule has 2 heterocycles. The van der Waals surface area contributed by atoms with Crippen LogP contribution >= 0.6 is 0 Å². The Morgan fingerprint density at radius 3 is 2.64 bits per heavy atom. The fourth-order valence-corrected chi connectivity index (χ4v) is 3.43. The Morgan fingerprint density at radius 2 is 1.89 bits per heavy atom. The van der Waals surface area contributed by atoms with Crippen LogP contribution in [-0.4, -0.2) is 19.1 Å². The molecule has 0 bridgehead atoms. The van der Waals surface area contributed by atoms with Gasteiger partial charge in [0.1, 0.15) is 23.0 Å². The van der Waals surface area contributed by atoms with Crippen LogP contribution in [0, 0.1) is 0 Å². The maximum Gasteiger partial charge on any atom is 0.282 e. The number of para-hydroxylation sites is 1. The second-order valence-corrected chi connectivity index (χ2v) is 6.92. The number of hydrogen-bond donors (Lipinski definition) is 2. The molecule has 0 radical (unpaired) electrons. The smallest absolute Gasteiger partial charge is 0.282 e. The van der Waals surface area contributed by atoms with E-state index in [1.165, 1.54) is 0 Å². The van der Waals surface area contributed by atoms with Crippen LogP contribution in [0.15, 0.2) is 63.6 Å². The van der Waals surface area contributed by atoms with E-state index in [1.807, 2.05) is 67.7 Å². The molecular weight excluding hydrogens is 356 g/mol. The van der Waals surface area contributed by atoms with E-state index in [2.05, 4.69) is 5.32 Å². The van der Waals surface area contributed by atoms with Crippen molar-refractivity contribution in [1.29, 1.82) is 0 Å². The lowest BCUT2D eigenvalue weighted by atomic mass is 10.1. The average Bonchev–Trinajstić information content (AvgIpc) is 3.35. The summed E-state index contributed by atoms with van der Waals surface area (Å²) in [6, 6.07) is 15.0. The molecule has 4 rings (SSSR count). The number of fused-ring (bicyclic) bond motifs is 3. The second-order valence-electron chi connectivity index (χ2n) is 6.92.